The van der Waals surface area contributed by atoms with Crippen LogP contribution in [0, 0.1) is 13.8 Å². The Morgan fingerprint density at radius 2 is 2.00 bits per heavy atom. The molecule has 1 aromatic rings. The first kappa shape index (κ1) is 11.5. The largest absolute Gasteiger partial charge is 0.390 e. The predicted octanol–water partition coefficient (Wildman–Crippen LogP) is 2.71. The van der Waals surface area contributed by atoms with Crippen LogP contribution in [0.5, 0.6) is 0 Å². The number of rotatable bonds is 2. The van der Waals surface area contributed by atoms with E-state index in [1.54, 1.807) is 13.8 Å². The number of hydrogen-bond donors (Lipinski definition) is 1. The summed E-state index contributed by atoms with van der Waals surface area (Å²) in [6.45, 7) is 3.43. The molecule has 0 saturated heterocycles. The summed E-state index contributed by atoms with van der Waals surface area (Å²) < 4.78 is 36.1. The van der Waals surface area contributed by atoms with Gasteiger partial charge in [-0.1, -0.05) is 0 Å². The fourth-order valence-corrected chi connectivity index (χ4v) is 2.16. The van der Waals surface area contributed by atoms with Gasteiger partial charge in [-0.25, -0.2) is 4.98 Å². The summed E-state index contributed by atoms with van der Waals surface area (Å²) in [7, 11) is 0. The van der Waals surface area contributed by atoms with E-state index in [0.717, 1.165) is 5.01 Å². The lowest BCUT2D eigenvalue weighted by atomic mass is 10.1. The summed E-state index contributed by atoms with van der Waals surface area (Å²) in [6.07, 6.45) is -5.21. The van der Waals surface area contributed by atoms with Gasteiger partial charge in [0, 0.05) is 10.9 Å². The van der Waals surface area contributed by atoms with Gasteiger partial charge in [0.1, 0.15) is 0 Å². The van der Waals surface area contributed by atoms with Crippen molar-refractivity contribution in [3.05, 3.63) is 15.6 Å². The van der Waals surface area contributed by atoms with E-state index in [2.05, 4.69) is 4.98 Å². The molecule has 0 aromatic carbocycles. The Hall–Kier alpha value is -0.620. The number of aryl methyl sites for hydroxylation is 2. The molecule has 0 fully saturated rings. The lowest BCUT2D eigenvalue weighted by Gasteiger charge is -2.12. The zero-order valence-electron chi connectivity index (χ0n) is 7.85. The number of hydrogen-bond acceptors (Lipinski definition) is 3. The van der Waals surface area contributed by atoms with Crippen LogP contribution in [0.15, 0.2) is 0 Å². The molecule has 6 heteroatoms. The Balaban J connectivity index is 2.79. The average molecular weight is 224 g/mol. The van der Waals surface area contributed by atoms with Crippen LogP contribution >= 0.6 is 11.3 Å². The van der Waals surface area contributed by atoms with E-state index in [1.807, 2.05) is 0 Å². The van der Waals surface area contributed by atoms with E-state index < -0.39 is 18.6 Å². The van der Waals surface area contributed by atoms with Gasteiger partial charge in [0.15, 0.2) is 0 Å². The molecule has 0 spiro atoms. The lowest BCUT2D eigenvalue weighted by molar-refractivity contribution is -0.138. The maximum Gasteiger partial charge on any atom is 0.390 e. The maximum atomic E-state index is 12.0. The number of nitrogens with two attached hydrogens (primary N) is 1. The topological polar surface area (TPSA) is 38.9 Å². The number of aromatic nitrogens is 1. The standard InChI is InChI=1S/C8H11F3N2S/c1-4-7(14-5(2)13-4)6(12)3-8(9,10)11/h6H,3,12H2,1-2H3. The summed E-state index contributed by atoms with van der Waals surface area (Å²) in [6, 6.07) is -0.985. The van der Waals surface area contributed by atoms with Gasteiger partial charge < -0.3 is 5.73 Å². The third-order valence-electron chi connectivity index (χ3n) is 1.73. The number of thiazole rings is 1. The van der Waals surface area contributed by atoms with Crippen LogP contribution in [0.25, 0.3) is 0 Å². The molecule has 0 radical (unpaired) electrons. The Morgan fingerprint density at radius 3 is 2.36 bits per heavy atom. The number of halogens is 3. The fraction of sp³-hybridized carbons (Fsp3) is 0.625. The Morgan fingerprint density at radius 1 is 1.43 bits per heavy atom. The van der Waals surface area contributed by atoms with E-state index in [-0.39, 0.29) is 0 Å². The summed E-state index contributed by atoms with van der Waals surface area (Å²) in [4.78, 5) is 4.56. The first-order valence-electron chi connectivity index (χ1n) is 4.06. The highest BCUT2D eigenvalue weighted by Gasteiger charge is 2.32. The monoisotopic (exact) mass is 224 g/mol. The molecule has 1 heterocycles. The molecule has 80 valence electrons. The molecular formula is C8H11F3N2S. The molecule has 1 atom stereocenters. The first-order valence-corrected chi connectivity index (χ1v) is 4.87. The maximum absolute atomic E-state index is 12.0. The molecule has 0 aliphatic rings. The van der Waals surface area contributed by atoms with Crippen LogP contribution in [0.1, 0.15) is 28.0 Å². The SMILES string of the molecule is Cc1nc(C)c(C(N)CC(F)(F)F)s1. The van der Waals surface area contributed by atoms with Crippen LogP contribution in [0.3, 0.4) is 0 Å². The zero-order valence-corrected chi connectivity index (χ0v) is 8.67. The number of nitrogens with zero attached hydrogens (tertiary/aromatic N) is 1. The molecule has 0 bridgehead atoms. The molecule has 2 N–H and O–H groups in total. The molecular weight excluding hydrogens is 213 g/mol. The second kappa shape index (κ2) is 3.86. The van der Waals surface area contributed by atoms with Gasteiger partial charge >= 0.3 is 6.18 Å². The van der Waals surface area contributed by atoms with Gasteiger partial charge in [-0.15, -0.1) is 11.3 Å². The summed E-state index contributed by atoms with van der Waals surface area (Å²) in [5, 5.41) is 0.745. The third-order valence-corrected chi connectivity index (χ3v) is 2.93. The Labute approximate surface area is 84.0 Å². The van der Waals surface area contributed by atoms with Crippen LogP contribution < -0.4 is 5.73 Å². The molecule has 1 aromatic heterocycles. The van der Waals surface area contributed by atoms with Crippen LogP contribution in [-0.2, 0) is 0 Å². The van der Waals surface area contributed by atoms with E-state index >= 15 is 0 Å². The second-order valence-electron chi connectivity index (χ2n) is 3.11. The summed E-state index contributed by atoms with van der Waals surface area (Å²) in [5.74, 6) is 0. The third kappa shape index (κ3) is 2.95. The highest BCUT2D eigenvalue weighted by molar-refractivity contribution is 7.11. The van der Waals surface area contributed by atoms with Crippen molar-refractivity contribution in [2.75, 3.05) is 0 Å². The minimum atomic E-state index is -4.22. The van der Waals surface area contributed by atoms with Crippen LogP contribution in [0.4, 0.5) is 13.2 Å². The lowest BCUT2D eigenvalue weighted by Crippen LogP contribution is -2.19. The first-order chi connectivity index (χ1) is 6.29. The molecule has 14 heavy (non-hydrogen) atoms. The normalized spacial score (nSPS) is 14.4. The van der Waals surface area contributed by atoms with Gasteiger partial charge in [0.2, 0.25) is 0 Å². The van der Waals surface area contributed by atoms with Crippen molar-refractivity contribution in [2.45, 2.75) is 32.5 Å². The zero-order chi connectivity index (χ0) is 10.9. The van der Waals surface area contributed by atoms with Gasteiger partial charge in [0.25, 0.3) is 0 Å². The average Bonchev–Trinajstić information content (AvgIpc) is 2.26. The smallest absolute Gasteiger partial charge is 0.323 e. The van der Waals surface area contributed by atoms with Crippen molar-refractivity contribution in [3.8, 4) is 0 Å². The van der Waals surface area contributed by atoms with E-state index in [9.17, 15) is 13.2 Å². The predicted molar refractivity (Wildman–Crippen MR) is 49.2 cm³/mol. The van der Waals surface area contributed by atoms with Crippen LogP contribution in [0.2, 0.25) is 0 Å². The summed E-state index contributed by atoms with van der Waals surface area (Å²) in [5.41, 5.74) is 6.05. The van der Waals surface area contributed by atoms with Gasteiger partial charge in [-0.05, 0) is 13.8 Å². The fourth-order valence-electron chi connectivity index (χ4n) is 1.23. The van der Waals surface area contributed by atoms with Crippen molar-refractivity contribution in [2.24, 2.45) is 5.73 Å². The highest BCUT2D eigenvalue weighted by Crippen LogP contribution is 2.32. The van der Waals surface area contributed by atoms with E-state index in [0.29, 0.717) is 10.6 Å². The van der Waals surface area contributed by atoms with E-state index in [1.165, 1.54) is 11.3 Å². The van der Waals surface area contributed by atoms with Crippen LogP contribution in [-0.4, -0.2) is 11.2 Å². The minimum Gasteiger partial charge on any atom is -0.323 e. The second-order valence-corrected chi connectivity index (χ2v) is 4.34. The number of alkyl halides is 3. The van der Waals surface area contributed by atoms with Crippen molar-refractivity contribution in [1.29, 1.82) is 0 Å². The van der Waals surface area contributed by atoms with Crippen molar-refractivity contribution >= 4 is 11.3 Å². The van der Waals surface area contributed by atoms with Gasteiger partial charge in [0.05, 0.1) is 17.1 Å². The molecule has 0 aliphatic heterocycles. The van der Waals surface area contributed by atoms with Crippen molar-refractivity contribution in [1.82, 2.24) is 4.98 Å². The molecule has 0 amide bonds. The van der Waals surface area contributed by atoms with Crippen molar-refractivity contribution < 1.29 is 13.2 Å². The molecule has 0 saturated carbocycles. The van der Waals surface area contributed by atoms with Gasteiger partial charge in [-0.3, -0.25) is 0 Å². The highest BCUT2D eigenvalue weighted by atomic mass is 32.1. The molecule has 1 rings (SSSR count). The Kier molecular flexibility index (Phi) is 3.16. The molecule has 1 unspecified atom stereocenters. The molecule has 0 aliphatic carbocycles. The quantitative estimate of drug-likeness (QED) is 0.838. The minimum absolute atomic E-state index is 0.528. The van der Waals surface area contributed by atoms with Crippen molar-refractivity contribution in [3.63, 3.8) is 0 Å². The van der Waals surface area contributed by atoms with Gasteiger partial charge in [-0.2, -0.15) is 13.2 Å². The van der Waals surface area contributed by atoms with E-state index in [4.69, 9.17) is 5.73 Å². The summed E-state index contributed by atoms with van der Waals surface area (Å²) >= 11 is 1.23. The molecule has 2 nitrogen and oxygen atoms in total. The Bertz CT molecular complexity index is 319.